The second-order valence-corrected chi connectivity index (χ2v) is 5.27. The normalized spacial score (nSPS) is 16.1. The van der Waals surface area contributed by atoms with E-state index < -0.39 is 0 Å². The molecule has 3 nitrogen and oxygen atoms in total. The van der Waals surface area contributed by atoms with E-state index in [9.17, 15) is 0 Å². The molecule has 96 valence electrons. The Labute approximate surface area is 113 Å². The van der Waals surface area contributed by atoms with Gasteiger partial charge in [0.05, 0.1) is 13.2 Å². The fourth-order valence-electron chi connectivity index (χ4n) is 2.11. The third-order valence-corrected chi connectivity index (χ3v) is 3.86. The van der Waals surface area contributed by atoms with Crippen molar-refractivity contribution < 1.29 is 4.74 Å². The highest BCUT2D eigenvalue weighted by molar-refractivity contribution is 6.31. The van der Waals surface area contributed by atoms with E-state index in [0.29, 0.717) is 18.0 Å². The van der Waals surface area contributed by atoms with Crippen molar-refractivity contribution in [2.45, 2.75) is 25.8 Å². The lowest BCUT2D eigenvalue weighted by Crippen LogP contribution is -2.23. The molecule has 1 aliphatic carbocycles. The van der Waals surface area contributed by atoms with Crippen LogP contribution in [0.2, 0.25) is 5.02 Å². The summed E-state index contributed by atoms with van der Waals surface area (Å²) in [6, 6.07) is 7.91. The fourth-order valence-corrected chi connectivity index (χ4v) is 2.35. The quantitative estimate of drug-likeness (QED) is 0.859. The Morgan fingerprint density at radius 3 is 2.89 bits per heavy atom. The van der Waals surface area contributed by atoms with Crippen LogP contribution in [-0.2, 0) is 6.54 Å². The molecule has 0 aromatic heterocycles. The van der Waals surface area contributed by atoms with Crippen molar-refractivity contribution in [3.8, 4) is 11.8 Å². The summed E-state index contributed by atoms with van der Waals surface area (Å²) in [5, 5.41) is 12.9. The van der Waals surface area contributed by atoms with Gasteiger partial charge in [0, 0.05) is 30.1 Å². The Morgan fingerprint density at radius 1 is 1.50 bits per heavy atom. The second kappa shape index (κ2) is 5.60. The summed E-state index contributed by atoms with van der Waals surface area (Å²) in [4.78, 5) is 0. The van der Waals surface area contributed by atoms with Gasteiger partial charge in [0.15, 0.2) is 0 Å². The maximum absolute atomic E-state index is 8.77. The standard InChI is InChI=1S/C14H17ClN2O/c1-18-13-4-2-3-12(15)11(13)9-17-10-14(5-6-14)7-8-16/h2-4,17H,5-7,9-10H2,1H3. The number of hydrogen-bond donors (Lipinski definition) is 1. The molecule has 0 aliphatic heterocycles. The Hall–Kier alpha value is -1.24. The Kier molecular flexibility index (Phi) is 4.11. The Morgan fingerprint density at radius 2 is 2.28 bits per heavy atom. The largest absolute Gasteiger partial charge is 0.496 e. The van der Waals surface area contributed by atoms with E-state index in [1.165, 1.54) is 0 Å². The molecule has 18 heavy (non-hydrogen) atoms. The van der Waals surface area contributed by atoms with Gasteiger partial charge < -0.3 is 10.1 Å². The van der Waals surface area contributed by atoms with Crippen LogP contribution in [-0.4, -0.2) is 13.7 Å². The van der Waals surface area contributed by atoms with E-state index in [1.54, 1.807) is 7.11 Å². The number of hydrogen-bond acceptors (Lipinski definition) is 3. The van der Waals surface area contributed by atoms with Gasteiger partial charge in [0.25, 0.3) is 0 Å². The molecule has 1 aromatic rings. The number of rotatable bonds is 6. The smallest absolute Gasteiger partial charge is 0.124 e. The summed E-state index contributed by atoms with van der Waals surface area (Å²) < 4.78 is 5.30. The molecular formula is C14H17ClN2O. The van der Waals surface area contributed by atoms with E-state index in [-0.39, 0.29) is 5.41 Å². The predicted octanol–water partition coefficient (Wildman–Crippen LogP) is 3.13. The molecule has 0 saturated heterocycles. The van der Waals surface area contributed by atoms with Crippen LogP contribution in [0, 0.1) is 16.7 Å². The highest BCUT2D eigenvalue weighted by Crippen LogP contribution is 2.47. The van der Waals surface area contributed by atoms with Gasteiger partial charge in [-0.25, -0.2) is 0 Å². The molecule has 4 heteroatoms. The summed E-state index contributed by atoms with van der Waals surface area (Å²) in [7, 11) is 1.65. The van der Waals surface area contributed by atoms with Crippen LogP contribution in [0.25, 0.3) is 0 Å². The molecule has 0 amide bonds. The molecule has 0 heterocycles. The number of nitrogens with one attached hydrogen (secondary N) is 1. The average molecular weight is 265 g/mol. The van der Waals surface area contributed by atoms with Crippen molar-refractivity contribution >= 4 is 11.6 Å². The molecule has 1 N–H and O–H groups in total. The second-order valence-electron chi connectivity index (χ2n) is 4.86. The van der Waals surface area contributed by atoms with Crippen molar-refractivity contribution in [3.05, 3.63) is 28.8 Å². The van der Waals surface area contributed by atoms with E-state index in [4.69, 9.17) is 21.6 Å². The van der Waals surface area contributed by atoms with Gasteiger partial charge in [0.2, 0.25) is 0 Å². The molecule has 0 bridgehead atoms. The first-order valence-electron chi connectivity index (χ1n) is 6.10. The van der Waals surface area contributed by atoms with Gasteiger partial charge in [-0.1, -0.05) is 17.7 Å². The molecular weight excluding hydrogens is 248 g/mol. The summed E-state index contributed by atoms with van der Waals surface area (Å²) in [5.41, 5.74) is 1.19. The van der Waals surface area contributed by atoms with Crippen LogP contribution in [0.15, 0.2) is 18.2 Å². The minimum Gasteiger partial charge on any atom is -0.496 e. The maximum atomic E-state index is 8.77. The number of ether oxygens (including phenoxy) is 1. The lowest BCUT2D eigenvalue weighted by atomic mass is 10.0. The SMILES string of the molecule is COc1cccc(Cl)c1CNCC1(CC#N)CC1. The minimum absolute atomic E-state index is 0.212. The van der Waals surface area contributed by atoms with Crippen LogP contribution in [0.1, 0.15) is 24.8 Å². The van der Waals surface area contributed by atoms with E-state index in [0.717, 1.165) is 30.7 Å². The summed E-state index contributed by atoms with van der Waals surface area (Å²) in [6.45, 7) is 1.55. The van der Waals surface area contributed by atoms with Crippen molar-refractivity contribution in [3.63, 3.8) is 0 Å². The maximum Gasteiger partial charge on any atom is 0.124 e. The molecule has 0 radical (unpaired) electrons. The lowest BCUT2D eigenvalue weighted by Gasteiger charge is -2.14. The van der Waals surface area contributed by atoms with Crippen LogP contribution < -0.4 is 10.1 Å². The highest BCUT2D eigenvalue weighted by atomic mass is 35.5. The first-order chi connectivity index (χ1) is 8.71. The number of methoxy groups -OCH3 is 1. The lowest BCUT2D eigenvalue weighted by molar-refractivity contribution is 0.404. The monoisotopic (exact) mass is 264 g/mol. The van der Waals surface area contributed by atoms with Crippen molar-refractivity contribution in [2.75, 3.05) is 13.7 Å². The molecule has 1 fully saturated rings. The fraction of sp³-hybridized carbons (Fsp3) is 0.500. The van der Waals surface area contributed by atoms with Crippen LogP contribution >= 0.6 is 11.6 Å². The van der Waals surface area contributed by atoms with Crippen LogP contribution in [0.5, 0.6) is 5.75 Å². The Balaban J connectivity index is 1.93. The number of nitriles is 1. The number of nitrogens with zero attached hydrogens (tertiary/aromatic N) is 1. The third-order valence-electron chi connectivity index (χ3n) is 3.51. The summed E-state index contributed by atoms with van der Waals surface area (Å²) >= 11 is 6.16. The molecule has 0 spiro atoms. The van der Waals surface area contributed by atoms with E-state index in [1.807, 2.05) is 18.2 Å². The van der Waals surface area contributed by atoms with Gasteiger partial charge in [-0.2, -0.15) is 5.26 Å². The van der Waals surface area contributed by atoms with Gasteiger partial charge in [-0.3, -0.25) is 0 Å². The van der Waals surface area contributed by atoms with E-state index in [2.05, 4.69) is 11.4 Å². The molecule has 2 rings (SSSR count). The third kappa shape index (κ3) is 2.95. The van der Waals surface area contributed by atoms with Crippen molar-refractivity contribution in [1.29, 1.82) is 5.26 Å². The zero-order chi connectivity index (χ0) is 13.0. The zero-order valence-electron chi connectivity index (χ0n) is 10.5. The van der Waals surface area contributed by atoms with Crippen LogP contribution in [0.4, 0.5) is 0 Å². The highest BCUT2D eigenvalue weighted by Gasteiger charge is 2.41. The molecule has 0 unspecified atom stereocenters. The first kappa shape index (κ1) is 13.2. The molecule has 1 aliphatic rings. The first-order valence-corrected chi connectivity index (χ1v) is 6.48. The Bertz CT molecular complexity index is 463. The van der Waals surface area contributed by atoms with Gasteiger partial charge in [-0.05, 0) is 30.4 Å². The van der Waals surface area contributed by atoms with Gasteiger partial charge in [-0.15, -0.1) is 0 Å². The molecule has 1 aromatic carbocycles. The average Bonchev–Trinajstić information content (AvgIpc) is 3.12. The van der Waals surface area contributed by atoms with Crippen molar-refractivity contribution in [1.82, 2.24) is 5.32 Å². The van der Waals surface area contributed by atoms with E-state index >= 15 is 0 Å². The zero-order valence-corrected chi connectivity index (χ0v) is 11.3. The van der Waals surface area contributed by atoms with Gasteiger partial charge in [0.1, 0.15) is 5.75 Å². The summed E-state index contributed by atoms with van der Waals surface area (Å²) in [6.07, 6.45) is 2.93. The number of halogens is 1. The number of benzene rings is 1. The van der Waals surface area contributed by atoms with Gasteiger partial charge >= 0.3 is 0 Å². The summed E-state index contributed by atoms with van der Waals surface area (Å²) in [5.74, 6) is 0.806. The van der Waals surface area contributed by atoms with Crippen molar-refractivity contribution in [2.24, 2.45) is 5.41 Å². The molecule has 1 saturated carbocycles. The predicted molar refractivity (Wildman–Crippen MR) is 71.6 cm³/mol. The minimum atomic E-state index is 0.212. The molecule has 0 atom stereocenters. The van der Waals surface area contributed by atoms with Crippen LogP contribution in [0.3, 0.4) is 0 Å². The topological polar surface area (TPSA) is 45.0 Å².